The molecule has 1 unspecified atom stereocenters. The topological polar surface area (TPSA) is 102 Å². The summed E-state index contributed by atoms with van der Waals surface area (Å²) in [5, 5.41) is 32.3. The van der Waals surface area contributed by atoms with Crippen LogP contribution in [-0.4, -0.2) is 39.0 Å². The summed E-state index contributed by atoms with van der Waals surface area (Å²) in [5.41, 5.74) is 1.76. The van der Waals surface area contributed by atoms with Crippen LogP contribution < -0.4 is 34.9 Å². The molecular weight excluding hydrogens is 343 g/mol. The molecule has 0 spiro atoms. The van der Waals surface area contributed by atoms with Gasteiger partial charge in [0.25, 0.3) is 5.91 Å². The number of aliphatic carboxylic acids is 1. The number of nitrogens with one attached hydrogen (secondary N) is 1. The monoisotopic (exact) mass is 356 g/mol. The molecule has 1 aliphatic heterocycles. The molecule has 2 aromatic rings. The Labute approximate surface area is 166 Å². The Balaban J connectivity index is 0.00000156. The van der Waals surface area contributed by atoms with Crippen LogP contribution in [0, 0.1) is 0 Å². The number of anilines is 1. The van der Waals surface area contributed by atoms with E-state index in [1.807, 2.05) is 6.07 Å². The SMILES string of the molecule is O=C(O)C1N=C(c2ccccc2)c2cc(Cl)ccc2NC1(O)O.[H-].[Na+]. The molecule has 0 aromatic heterocycles. The molecule has 0 saturated heterocycles. The minimum absolute atomic E-state index is 0. The Hall–Kier alpha value is -1.41. The van der Waals surface area contributed by atoms with Crippen molar-refractivity contribution in [2.75, 3.05) is 5.32 Å². The van der Waals surface area contributed by atoms with Gasteiger partial charge < -0.3 is 22.1 Å². The normalized spacial score (nSPS) is 18.3. The van der Waals surface area contributed by atoms with Crippen molar-refractivity contribution >= 4 is 29.0 Å². The first kappa shape index (κ1) is 18.9. The van der Waals surface area contributed by atoms with Gasteiger partial charge in [0.05, 0.1) is 5.71 Å². The number of hydrogen-bond acceptors (Lipinski definition) is 5. The van der Waals surface area contributed by atoms with E-state index < -0.39 is 17.9 Å². The van der Waals surface area contributed by atoms with Crippen molar-refractivity contribution in [2.45, 2.75) is 12.0 Å². The summed E-state index contributed by atoms with van der Waals surface area (Å²) >= 11 is 6.03. The van der Waals surface area contributed by atoms with Crippen LogP contribution in [0.25, 0.3) is 0 Å². The van der Waals surface area contributed by atoms with Gasteiger partial charge >= 0.3 is 35.5 Å². The van der Waals surface area contributed by atoms with E-state index in [0.717, 1.165) is 0 Å². The number of hydrogen-bond donors (Lipinski definition) is 4. The van der Waals surface area contributed by atoms with Gasteiger partial charge in [-0.2, -0.15) is 0 Å². The molecule has 8 heteroatoms. The Kier molecular flexibility index (Phi) is 5.70. The number of carbonyl (C=O) groups is 1. The van der Waals surface area contributed by atoms with E-state index in [0.29, 0.717) is 27.5 Å². The standard InChI is InChI=1S/C16H13ClN2O4.Na.H/c17-10-6-7-12-11(8-10)13(9-4-2-1-3-5-9)18-14(15(20)21)16(22,23)19-12;;/h1-8,14,19,22-23H,(H,20,21);;/q;+1;-1. The van der Waals surface area contributed by atoms with Gasteiger partial charge in [-0.25, -0.2) is 4.79 Å². The summed E-state index contributed by atoms with van der Waals surface area (Å²) in [7, 11) is 0. The van der Waals surface area contributed by atoms with Crippen molar-refractivity contribution in [3.05, 3.63) is 64.7 Å². The molecule has 3 rings (SSSR count). The first-order valence-corrected chi connectivity index (χ1v) is 7.15. The van der Waals surface area contributed by atoms with Crippen LogP contribution in [0.3, 0.4) is 0 Å². The number of halogens is 1. The maximum absolute atomic E-state index is 11.4. The molecule has 24 heavy (non-hydrogen) atoms. The summed E-state index contributed by atoms with van der Waals surface area (Å²) in [5.74, 6) is -4.19. The Morgan fingerprint density at radius 2 is 1.88 bits per heavy atom. The molecule has 0 fully saturated rings. The van der Waals surface area contributed by atoms with E-state index in [2.05, 4.69) is 10.3 Å². The van der Waals surface area contributed by atoms with Crippen LogP contribution in [0.1, 0.15) is 12.6 Å². The summed E-state index contributed by atoms with van der Waals surface area (Å²) in [6.45, 7) is 0. The second kappa shape index (κ2) is 7.23. The number of carboxylic acids is 1. The van der Waals surface area contributed by atoms with Gasteiger partial charge in [0, 0.05) is 21.8 Å². The molecule has 4 N–H and O–H groups in total. The van der Waals surface area contributed by atoms with E-state index in [-0.39, 0.29) is 31.0 Å². The van der Waals surface area contributed by atoms with Gasteiger partial charge in [-0.05, 0) is 18.2 Å². The van der Waals surface area contributed by atoms with Crippen molar-refractivity contribution in [2.24, 2.45) is 4.99 Å². The van der Waals surface area contributed by atoms with Crippen LogP contribution in [0.4, 0.5) is 5.69 Å². The van der Waals surface area contributed by atoms with Crippen LogP contribution in [0.5, 0.6) is 0 Å². The third-order valence-electron chi connectivity index (χ3n) is 3.48. The molecule has 6 nitrogen and oxygen atoms in total. The second-order valence-corrected chi connectivity index (χ2v) is 5.56. The smallest absolute Gasteiger partial charge is 1.00 e. The number of benzodiazepines with no additional fused rings is 1. The molecule has 1 atom stereocenters. The van der Waals surface area contributed by atoms with Gasteiger partial charge in [0.1, 0.15) is 0 Å². The number of aliphatic hydroxyl groups is 2. The average Bonchev–Trinajstić information content (AvgIpc) is 2.61. The number of carboxylic acid groups (broad SMARTS) is 1. The zero-order valence-corrected chi connectivity index (χ0v) is 15.5. The fraction of sp³-hybridized carbons (Fsp3) is 0.125. The Bertz CT molecular complexity index is 802. The van der Waals surface area contributed by atoms with E-state index in [4.69, 9.17) is 11.6 Å². The van der Waals surface area contributed by atoms with E-state index in [9.17, 15) is 20.1 Å². The Morgan fingerprint density at radius 1 is 1.21 bits per heavy atom. The fourth-order valence-corrected chi connectivity index (χ4v) is 2.60. The van der Waals surface area contributed by atoms with Gasteiger partial charge in [-0.15, -0.1) is 0 Å². The number of rotatable bonds is 2. The summed E-state index contributed by atoms with van der Waals surface area (Å²) in [6.07, 6.45) is 0. The van der Waals surface area contributed by atoms with Crippen LogP contribution in [0.2, 0.25) is 5.02 Å². The molecule has 1 aliphatic rings. The zero-order chi connectivity index (χ0) is 16.6. The van der Waals surface area contributed by atoms with Gasteiger partial charge in [0.2, 0.25) is 6.04 Å². The molecular formula is C16H14ClN2NaO4. The van der Waals surface area contributed by atoms with Crippen LogP contribution in [0.15, 0.2) is 53.5 Å². The predicted octanol–water partition coefficient (Wildman–Crippen LogP) is -1.19. The van der Waals surface area contributed by atoms with Gasteiger partial charge in [0.15, 0.2) is 0 Å². The average molecular weight is 357 g/mol. The molecule has 0 saturated carbocycles. The minimum atomic E-state index is -2.73. The van der Waals surface area contributed by atoms with Crippen LogP contribution in [-0.2, 0) is 4.79 Å². The largest absolute Gasteiger partial charge is 1.00 e. The fourth-order valence-electron chi connectivity index (χ4n) is 2.43. The molecule has 120 valence electrons. The molecule has 0 amide bonds. The second-order valence-electron chi connectivity index (χ2n) is 5.13. The maximum atomic E-state index is 11.4. The summed E-state index contributed by atoms with van der Waals surface area (Å²) in [6, 6.07) is 11.8. The maximum Gasteiger partial charge on any atom is 1.00 e. The number of benzene rings is 2. The van der Waals surface area contributed by atoms with Crippen LogP contribution >= 0.6 is 11.6 Å². The molecule has 0 bridgehead atoms. The third kappa shape index (κ3) is 3.64. The van der Waals surface area contributed by atoms with E-state index in [1.165, 1.54) is 0 Å². The summed E-state index contributed by atoms with van der Waals surface area (Å²) < 4.78 is 0. The molecule has 2 aromatic carbocycles. The van der Waals surface area contributed by atoms with Crippen molar-refractivity contribution in [3.8, 4) is 0 Å². The number of fused-ring (bicyclic) bond motifs is 1. The number of nitrogens with zero attached hydrogens (tertiary/aromatic N) is 1. The first-order chi connectivity index (χ1) is 10.9. The first-order valence-electron chi connectivity index (χ1n) is 6.77. The zero-order valence-electron chi connectivity index (χ0n) is 13.8. The van der Waals surface area contributed by atoms with Gasteiger partial charge in [-0.3, -0.25) is 4.99 Å². The third-order valence-corrected chi connectivity index (χ3v) is 3.71. The van der Waals surface area contributed by atoms with Crippen molar-refractivity contribution in [1.82, 2.24) is 0 Å². The summed E-state index contributed by atoms with van der Waals surface area (Å²) in [4.78, 5) is 15.5. The predicted molar refractivity (Wildman–Crippen MR) is 86.9 cm³/mol. The Morgan fingerprint density at radius 3 is 2.50 bits per heavy atom. The quantitative estimate of drug-likeness (QED) is 0.400. The van der Waals surface area contributed by atoms with Crippen molar-refractivity contribution < 1.29 is 51.1 Å². The molecule has 1 heterocycles. The van der Waals surface area contributed by atoms with E-state index in [1.54, 1.807) is 42.5 Å². The number of aliphatic imine (C=N–C) groups is 1. The minimum Gasteiger partial charge on any atom is -1.00 e. The van der Waals surface area contributed by atoms with Crippen molar-refractivity contribution in [1.29, 1.82) is 0 Å². The molecule has 0 aliphatic carbocycles. The molecule has 0 radical (unpaired) electrons. The van der Waals surface area contributed by atoms with Gasteiger partial charge in [-0.1, -0.05) is 41.9 Å². The van der Waals surface area contributed by atoms with E-state index >= 15 is 0 Å². The van der Waals surface area contributed by atoms with Crippen molar-refractivity contribution in [3.63, 3.8) is 0 Å².